The highest BCUT2D eigenvalue weighted by molar-refractivity contribution is 7.89. The largest absolute Gasteiger partial charge is 0.397 e. The molecule has 1 aromatic rings. The lowest BCUT2D eigenvalue weighted by molar-refractivity contribution is 0.167. The van der Waals surface area contributed by atoms with Crippen LogP contribution in [0.15, 0.2) is 35.2 Å². The third-order valence-electron chi connectivity index (χ3n) is 2.58. The van der Waals surface area contributed by atoms with Crippen LogP contribution < -0.4 is 15.8 Å². The highest BCUT2D eigenvalue weighted by Gasteiger charge is 2.14. The lowest BCUT2D eigenvalue weighted by Gasteiger charge is -2.12. The molecule has 7 heteroatoms. The van der Waals surface area contributed by atoms with E-state index >= 15 is 0 Å². The Morgan fingerprint density at radius 3 is 2.76 bits per heavy atom. The summed E-state index contributed by atoms with van der Waals surface area (Å²) in [6, 6.07) is 4.57. The van der Waals surface area contributed by atoms with Gasteiger partial charge in [0.1, 0.15) is 0 Å². The second kappa shape index (κ2) is 8.02. The Hall–Kier alpha value is -1.57. The Balaban J connectivity index is 2.68. The number of anilines is 2. The van der Waals surface area contributed by atoms with E-state index < -0.39 is 10.0 Å². The molecule has 6 nitrogen and oxygen atoms in total. The van der Waals surface area contributed by atoms with Crippen LogP contribution in [-0.4, -0.2) is 34.7 Å². The molecule has 118 valence electrons. The first-order valence-electron chi connectivity index (χ1n) is 6.72. The van der Waals surface area contributed by atoms with Gasteiger partial charge in [0.2, 0.25) is 10.0 Å². The van der Waals surface area contributed by atoms with Gasteiger partial charge in [-0.3, -0.25) is 0 Å². The molecule has 0 fully saturated rings. The smallest absolute Gasteiger partial charge is 0.240 e. The Labute approximate surface area is 126 Å². The van der Waals surface area contributed by atoms with Crippen LogP contribution in [-0.2, 0) is 14.8 Å². The molecule has 0 spiro atoms. The molecule has 0 bridgehead atoms. The quantitative estimate of drug-likeness (QED) is 0.365. The van der Waals surface area contributed by atoms with Crippen LogP contribution in [0, 0.1) is 0 Å². The van der Waals surface area contributed by atoms with Crippen molar-refractivity contribution in [2.24, 2.45) is 0 Å². The van der Waals surface area contributed by atoms with Crippen LogP contribution in [0.25, 0.3) is 0 Å². The monoisotopic (exact) mass is 313 g/mol. The van der Waals surface area contributed by atoms with Crippen LogP contribution in [0.1, 0.15) is 13.8 Å². The van der Waals surface area contributed by atoms with Crippen molar-refractivity contribution in [2.75, 3.05) is 37.4 Å². The molecule has 0 unspecified atom stereocenters. The van der Waals surface area contributed by atoms with E-state index in [2.05, 4.69) is 16.6 Å². The number of hydrogen-bond acceptors (Lipinski definition) is 5. The molecule has 0 saturated carbocycles. The fourth-order valence-corrected chi connectivity index (χ4v) is 2.70. The second-order valence-electron chi connectivity index (χ2n) is 4.69. The van der Waals surface area contributed by atoms with E-state index in [1.807, 2.05) is 6.92 Å². The lowest BCUT2D eigenvalue weighted by atomic mass is 10.2. The summed E-state index contributed by atoms with van der Waals surface area (Å²) in [7, 11) is -3.48. The maximum atomic E-state index is 11.9. The van der Waals surface area contributed by atoms with E-state index in [4.69, 9.17) is 10.5 Å². The van der Waals surface area contributed by atoms with Crippen molar-refractivity contribution < 1.29 is 13.2 Å². The number of sulfonamides is 1. The van der Waals surface area contributed by atoms with Gasteiger partial charge in [-0.05, 0) is 25.1 Å². The predicted molar refractivity (Wildman–Crippen MR) is 85.8 cm³/mol. The zero-order valence-electron chi connectivity index (χ0n) is 12.5. The first-order chi connectivity index (χ1) is 9.86. The average molecular weight is 313 g/mol. The Morgan fingerprint density at radius 1 is 1.43 bits per heavy atom. The number of nitrogens with one attached hydrogen (secondary N) is 2. The van der Waals surface area contributed by atoms with Crippen molar-refractivity contribution in [3.63, 3.8) is 0 Å². The van der Waals surface area contributed by atoms with Crippen LogP contribution in [0.3, 0.4) is 0 Å². The molecule has 0 amide bonds. The maximum absolute atomic E-state index is 11.9. The van der Waals surface area contributed by atoms with Crippen molar-refractivity contribution in [1.29, 1.82) is 0 Å². The van der Waals surface area contributed by atoms with Crippen molar-refractivity contribution in [3.05, 3.63) is 30.4 Å². The summed E-state index contributed by atoms with van der Waals surface area (Å²) in [4.78, 5) is 0.184. The molecule has 0 atom stereocenters. The highest BCUT2D eigenvalue weighted by Crippen LogP contribution is 2.22. The maximum Gasteiger partial charge on any atom is 0.240 e. The third kappa shape index (κ3) is 5.74. The Morgan fingerprint density at radius 2 is 2.14 bits per heavy atom. The predicted octanol–water partition coefficient (Wildman–Crippen LogP) is 1.57. The van der Waals surface area contributed by atoms with Gasteiger partial charge in [-0.15, -0.1) is 0 Å². The molecule has 0 radical (unpaired) electrons. The minimum absolute atomic E-state index is 0.184. The van der Waals surface area contributed by atoms with Gasteiger partial charge >= 0.3 is 0 Å². The highest BCUT2D eigenvalue weighted by atomic mass is 32.2. The minimum Gasteiger partial charge on any atom is -0.397 e. The summed E-state index contributed by atoms with van der Waals surface area (Å²) in [5.74, 6) is 0. The number of benzene rings is 1. The minimum atomic E-state index is -3.48. The third-order valence-corrected chi connectivity index (χ3v) is 4.12. The summed E-state index contributed by atoms with van der Waals surface area (Å²) >= 11 is 0. The number of ether oxygens (including phenoxy) is 1. The van der Waals surface area contributed by atoms with Gasteiger partial charge < -0.3 is 15.8 Å². The lowest BCUT2D eigenvalue weighted by Crippen LogP contribution is -2.23. The summed E-state index contributed by atoms with van der Waals surface area (Å²) in [6.07, 6.45) is 0. The molecule has 21 heavy (non-hydrogen) atoms. The van der Waals surface area contributed by atoms with Crippen LogP contribution in [0.2, 0.25) is 0 Å². The molecular formula is C14H23N3O3S. The number of nitrogen functional groups attached to an aromatic ring is 1. The van der Waals surface area contributed by atoms with E-state index in [1.165, 1.54) is 12.1 Å². The summed E-state index contributed by atoms with van der Waals surface area (Å²) in [5.41, 5.74) is 7.86. The van der Waals surface area contributed by atoms with Crippen LogP contribution in [0.5, 0.6) is 0 Å². The molecular weight excluding hydrogens is 290 g/mol. The molecule has 0 saturated heterocycles. The summed E-state index contributed by atoms with van der Waals surface area (Å²) < 4.78 is 31.7. The normalized spacial score (nSPS) is 11.3. The fraction of sp³-hybridized carbons (Fsp3) is 0.429. The van der Waals surface area contributed by atoms with E-state index in [0.717, 1.165) is 5.57 Å². The second-order valence-corrected chi connectivity index (χ2v) is 6.45. The van der Waals surface area contributed by atoms with Gasteiger partial charge in [-0.2, -0.15) is 0 Å². The molecule has 1 rings (SSSR count). The van der Waals surface area contributed by atoms with E-state index in [1.54, 1.807) is 13.0 Å². The van der Waals surface area contributed by atoms with Gasteiger partial charge in [0.05, 0.1) is 29.5 Å². The number of hydrogen-bond donors (Lipinski definition) is 3. The zero-order chi connectivity index (χ0) is 15.9. The molecule has 0 aliphatic carbocycles. The first-order valence-corrected chi connectivity index (χ1v) is 8.20. The van der Waals surface area contributed by atoms with E-state index in [-0.39, 0.29) is 4.90 Å². The fourth-order valence-electron chi connectivity index (χ4n) is 1.63. The summed E-state index contributed by atoms with van der Waals surface area (Å²) in [6.45, 7) is 9.22. The molecule has 0 aliphatic heterocycles. The summed E-state index contributed by atoms with van der Waals surface area (Å²) in [5, 5.41) is 3.07. The van der Waals surface area contributed by atoms with Crippen molar-refractivity contribution >= 4 is 21.4 Å². The standard InChI is InChI=1S/C14H23N3O3S/c1-4-17-21(18,19)12-5-6-13(15)14(9-12)16-7-8-20-10-11(2)3/h5-6,9,16-17H,2,4,7-8,10,15H2,1,3H3. The van der Waals surface area contributed by atoms with Crippen LogP contribution in [0.4, 0.5) is 11.4 Å². The number of nitrogens with two attached hydrogens (primary N) is 1. The zero-order valence-corrected chi connectivity index (χ0v) is 13.3. The van der Waals surface area contributed by atoms with Crippen LogP contribution >= 0.6 is 0 Å². The molecule has 0 aliphatic rings. The van der Waals surface area contributed by atoms with Crippen molar-refractivity contribution in [2.45, 2.75) is 18.7 Å². The topological polar surface area (TPSA) is 93.4 Å². The van der Waals surface area contributed by atoms with Gasteiger partial charge in [-0.25, -0.2) is 13.1 Å². The molecule has 1 aromatic carbocycles. The molecule has 0 heterocycles. The van der Waals surface area contributed by atoms with E-state index in [9.17, 15) is 8.42 Å². The van der Waals surface area contributed by atoms with Crippen molar-refractivity contribution in [3.8, 4) is 0 Å². The molecule has 0 aromatic heterocycles. The Bertz CT molecular complexity index is 585. The molecule has 4 N–H and O–H groups in total. The average Bonchev–Trinajstić information content (AvgIpc) is 2.39. The van der Waals surface area contributed by atoms with Gasteiger partial charge in [0.25, 0.3) is 0 Å². The Kier molecular flexibility index (Phi) is 6.67. The van der Waals surface area contributed by atoms with E-state index in [0.29, 0.717) is 37.7 Å². The van der Waals surface area contributed by atoms with Gasteiger partial charge in [0, 0.05) is 13.1 Å². The SMILES string of the molecule is C=C(C)COCCNc1cc(S(=O)(=O)NCC)ccc1N. The van der Waals surface area contributed by atoms with Gasteiger partial charge in [-0.1, -0.05) is 19.1 Å². The van der Waals surface area contributed by atoms with Gasteiger partial charge in [0.15, 0.2) is 0 Å². The number of rotatable bonds is 9. The van der Waals surface area contributed by atoms with Crippen molar-refractivity contribution in [1.82, 2.24) is 4.72 Å². The first kappa shape index (κ1) is 17.5.